The summed E-state index contributed by atoms with van der Waals surface area (Å²) >= 11 is 0. The molecule has 0 aliphatic rings. The number of carbonyl (C=O) groups excluding carboxylic acids is 1. The third-order valence-electron chi connectivity index (χ3n) is 3.75. The number of rotatable bonds is 5. The van der Waals surface area contributed by atoms with Crippen LogP contribution in [0.4, 0.5) is 5.69 Å². The molecule has 8 nitrogen and oxygen atoms in total. The second-order valence-corrected chi connectivity index (χ2v) is 5.57. The maximum absolute atomic E-state index is 12.4. The van der Waals surface area contributed by atoms with Gasteiger partial charge in [-0.2, -0.15) is 5.26 Å². The van der Waals surface area contributed by atoms with Gasteiger partial charge in [0.1, 0.15) is 0 Å². The number of hydrogen-bond acceptors (Lipinski definition) is 5. The molecule has 26 heavy (non-hydrogen) atoms. The van der Waals surface area contributed by atoms with Gasteiger partial charge in [-0.1, -0.05) is 0 Å². The second-order valence-electron chi connectivity index (χ2n) is 5.57. The van der Waals surface area contributed by atoms with E-state index in [1.165, 1.54) is 13.2 Å². The van der Waals surface area contributed by atoms with E-state index in [4.69, 9.17) is 14.7 Å². The first-order chi connectivity index (χ1) is 12.5. The number of nitrogens with one attached hydrogen (secondary N) is 3. The zero-order valence-corrected chi connectivity index (χ0v) is 14.1. The summed E-state index contributed by atoms with van der Waals surface area (Å²) in [5.74, 6) is 0.364. The zero-order valence-electron chi connectivity index (χ0n) is 14.1. The summed E-state index contributed by atoms with van der Waals surface area (Å²) in [6.07, 6.45) is -0.808. The summed E-state index contributed by atoms with van der Waals surface area (Å²) in [4.78, 5) is 28.9. The second kappa shape index (κ2) is 7.03. The van der Waals surface area contributed by atoms with E-state index in [-0.39, 0.29) is 11.6 Å². The Labute approximate surface area is 148 Å². The van der Waals surface area contributed by atoms with E-state index >= 15 is 0 Å². The standard InChI is InChI=1S/C18H16N4O4/c1-10(26-15-6-3-11(9-19)7-16(15)25-2)17(23)20-12-4-5-13-14(8-12)22-18(24)21-13/h3-8,10H,1-2H3,(H,20,23)(H2,21,22,24). The van der Waals surface area contributed by atoms with Gasteiger partial charge in [0, 0.05) is 11.8 Å². The number of carbonyl (C=O) groups is 1. The zero-order chi connectivity index (χ0) is 18.7. The predicted molar refractivity (Wildman–Crippen MR) is 95.3 cm³/mol. The van der Waals surface area contributed by atoms with E-state index in [1.807, 2.05) is 6.07 Å². The van der Waals surface area contributed by atoms with Crippen molar-refractivity contribution in [2.45, 2.75) is 13.0 Å². The molecule has 3 rings (SSSR count). The Balaban J connectivity index is 1.73. The van der Waals surface area contributed by atoms with Crippen LogP contribution in [0.5, 0.6) is 11.5 Å². The number of aromatic nitrogens is 2. The fraction of sp³-hybridized carbons (Fsp3) is 0.167. The number of aromatic amines is 2. The number of fused-ring (bicyclic) bond motifs is 1. The molecule has 0 radical (unpaired) electrons. The van der Waals surface area contributed by atoms with Crippen LogP contribution < -0.4 is 20.5 Å². The number of ether oxygens (including phenoxy) is 2. The van der Waals surface area contributed by atoms with Crippen molar-refractivity contribution in [1.82, 2.24) is 9.97 Å². The molecular weight excluding hydrogens is 336 g/mol. The van der Waals surface area contributed by atoms with Gasteiger partial charge in [0.25, 0.3) is 5.91 Å². The molecule has 132 valence electrons. The number of H-pyrrole nitrogens is 2. The average molecular weight is 352 g/mol. The van der Waals surface area contributed by atoms with E-state index in [1.54, 1.807) is 37.3 Å². The lowest BCUT2D eigenvalue weighted by molar-refractivity contribution is -0.122. The number of anilines is 1. The minimum atomic E-state index is -0.808. The van der Waals surface area contributed by atoms with Gasteiger partial charge >= 0.3 is 5.69 Å². The topological polar surface area (TPSA) is 120 Å². The molecule has 0 aliphatic heterocycles. The number of amides is 1. The molecule has 0 bridgehead atoms. The maximum atomic E-state index is 12.4. The predicted octanol–water partition coefficient (Wildman–Crippen LogP) is 2.14. The van der Waals surface area contributed by atoms with Crippen LogP contribution in [0.25, 0.3) is 11.0 Å². The van der Waals surface area contributed by atoms with Crippen molar-refractivity contribution in [2.24, 2.45) is 0 Å². The number of imidazole rings is 1. The summed E-state index contributed by atoms with van der Waals surface area (Å²) in [5.41, 5.74) is 1.89. The summed E-state index contributed by atoms with van der Waals surface area (Å²) in [6.45, 7) is 1.60. The third kappa shape index (κ3) is 3.52. The van der Waals surface area contributed by atoms with Crippen LogP contribution >= 0.6 is 0 Å². The minimum absolute atomic E-state index is 0.312. The van der Waals surface area contributed by atoms with Crippen molar-refractivity contribution in [3.8, 4) is 17.6 Å². The Morgan fingerprint density at radius 2 is 1.92 bits per heavy atom. The molecule has 0 saturated carbocycles. The Bertz CT molecular complexity index is 1060. The van der Waals surface area contributed by atoms with Gasteiger partial charge in [-0.3, -0.25) is 4.79 Å². The highest BCUT2D eigenvalue weighted by molar-refractivity contribution is 5.95. The van der Waals surface area contributed by atoms with Crippen LogP contribution in [0, 0.1) is 11.3 Å². The summed E-state index contributed by atoms with van der Waals surface area (Å²) in [5, 5.41) is 11.7. The number of nitriles is 1. The highest BCUT2D eigenvalue weighted by atomic mass is 16.5. The van der Waals surface area contributed by atoms with Gasteiger partial charge in [0.05, 0.1) is 29.8 Å². The van der Waals surface area contributed by atoms with Gasteiger partial charge in [-0.25, -0.2) is 4.79 Å². The molecular formula is C18H16N4O4. The van der Waals surface area contributed by atoms with Crippen molar-refractivity contribution < 1.29 is 14.3 Å². The first-order valence-electron chi connectivity index (χ1n) is 7.78. The number of methoxy groups -OCH3 is 1. The van der Waals surface area contributed by atoms with Crippen LogP contribution in [-0.4, -0.2) is 29.1 Å². The third-order valence-corrected chi connectivity index (χ3v) is 3.75. The van der Waals surface area contributed by atoms with Gasteiger partial charge in [0.2, 0.25) is 0 Å². The molecule has 8 heteroatoms. The molecule has 3 N–H and O–H groups in total. The highest BCUT2D eigenvalue weighted by Gasteiger charge is 2.17. The Hall–Kier alpha value is -3.73. The largest absolute Gasteiger partial charge is 0.493 e. The molecule has 1 atom stereocenters. The van der Waals surface area contributed by atoms with Crippen LogP contribution in [0.1, 0.15) is 12.5 Å². The van der Waals surface area contributed by atoms with E-state index in [0.29, 0.717) is 33.8 Å². The molecule has 2 aromatic carbocycles. The van der Waals surface area contributed by atoms with Gasteiger partial charge in [-0.15, -0.1) is 0 Å². The van der Waals surface area contributed by atoms with Crippen LogP contribution in [-0.2, 0) is 4.79 Å². The fourth-order valence-electron chi connectivity index (χ4n) is 2.43. The average Bonchev–Trinajstić information content (AvgIpc) is 3.01. The van der Waals surface area contributed by atoms with E-state index in [9.17, 15) is 9.59 Å². The number of nitrogens with zero attached hydrogens (tertiary/aromatic N) is 1. The van der Waals surface area contributed by atoms with Crippen molar-refractivity contribution in [3.05, 3.63) is 52.4 Å². The molecule has 3 aromatic rings. The fourth-order valence-corrected chi connectivity index (χ4v) is 2.43. The maximum Gasteiger partial charge on any atom is 0.323 e. The lowest BCUT2D eigenvalue weighted by Gasteiger charge is -2.17. The SMILES string of the molecule is COc1cc(C#N)ccc1OC(C)C(=O)Nc1ccc2[nH]c(=O)[nH]c2c1. The number of hydrogen-bond donors (Lipinski definition) is 3. The Kier molecular flexibility index (Phi) is 4.62. The van der Waals surface area contributed by atoms with Gasteiger partial charge in [0.15, 0.2) is 17.6 Å². The van der Waals surface area contributed by atoms with Gasteiger partial charge < -0.3 is 24.8 Å². The van der Waals surface area contributed by atoms with Crippen LogP contribution in [0.3, 0.4) is 0 Å². The van der Waals surface area contributed by atoms with Crippen LogP contribution in [0.15, 0.2) is 41.2 Å². The molecule has 0 aliphatic carbocycles. The summed E-state index contributed by atoms with van der Waals surface area (Å²) in [6, 6.07) is 11.7. The van der Waals surface area contributed by atoms with E-state index in [2.05, 4.69) is 15.3 Å². The van der Waals surface area contributed by atoms with E-state index < -0.39 is 6.10 Å². The smallest absolute Gasteiger partial charge is 0.323 e. The molecule has 0 spiro atoms. The van der Waals surface area contributed by atoms with Crippen molar-refractivity contribution in [3.63, 3.8) is 0 Å². The van der Waals surface area contributed by atoms with Crippen molar-refractivity contribution in [1.29, 1.82) is 5.26 Å². The quantitative estimate of drug-likeness (QED) is 0.650. The van der Waals surface area contributed by atoms with Crippen LogP contribution in [0.2, 0.25) is 0 Å². The minimum Gasteiger partial charge on any atom is -0.493 e. The normalized spacial score (nSPS) is 11.6. The van der Waals surface area contributed by atoms with Crippen molar-refractivity contribution >= 4 is 22.6 Å². The first-order valence-corrected chi connectivity index (χ1v) is 7.78. The van der Waals surface area contributed by atoms with E-state index in [0.717, 1.165) is 0 Å². The molecule has 1 unspecified atom stereocenters. The highest BCUT2D eigenvalue weighted by Crippen LogP contribution is 2.29. The lowest BCUT2D eigenvalue weighted by atomic mass is 10.2. The summed E-state index contributed by atoms with van der Waals surface area (Å²) in [7, 11) is 1.46. The monoisotopic (exact) mass is 352 g/mol. The molecule has 0 saturated heterocycles. The lowest BCUT2D eigenvalue weighted by Crippen LogP contribution is -2.30. The summed E-state index contributed by atoms with van der Waals surface area (Å²) < 4.78 is 10.8. The Morgan fingerprint density at radius 3 is 2.65 bits per heavy atom. The van der Waals surface area contributed by atoms with Crippen molar-refractivity contribution in [2.75, 3.05) is 12.4 Å². The molecule has 0 fully saturated rings. The van der Waals surface area contributed by atoms with Gasteiger partial charge in [-0.05, 0) is 37.3 Å². The number of benzene rings is 2. The molecule has 1 amide bonds. The first kappa shape index (κ1) is 17.1. The Morgan fingerprint density at radius 1 is 1.15 bits per heavy atom. The molecule has 1 aromatic heterocycles. The molecule has 1 heterocycles.